The lowest BCUT2D eigenvalue weighted by Gasteiger charge is -2.37. The van der Waals surface area contributed by atoms with E-state index in [1.807, 2.05) is 20.8 Å². The van der Waals surface area contributed by atoms with Crippen LogP contribution < -0.4 is 0 Å². The topological polar surface area (TPSA) is 38.7 Å². The van der Waals surface area contributed by atoms with E-state index in [0.29, 0.717) is 31.2 Å². The standard InChI is InChI=1S/C19H34O3/c1-5-21-14-15-22-18(2,3)10-6-8-17-9-7-11-19(4,16-17)12-13-20/h17,20H,5,7-9,11-16H2,1-4H3/t17-,19-/m0/s1. The maximum atomic E-state index is 9.22. The first kappa shape index (κ1) is 19.5. The molecule has 0 bridgehead atoms. The molecular formula is C19H34O3. The molecule has 128 valence electrons. The highest BCUT2D eigenvalue weighted by Crippen LogP contribution is 2.42. The van der Waals surface area contributed by atoms with Gasteiger partial charge < -0.3 is 14.6 Å². The first-order valence-corrected chi connectivity index (χ1v) is 8.73. The van der Waals surface area contributed by atoms with Gasteiger partial charge in [0.2, 0.25) is 0 Å². The lowest BCUT2D eigenvalue weighted by molar-refractivity contribution is -0.0112. The number of hydrogen-bond donors (Lipinski definition) is 1. The monoisotopic (exact) mass is 310 g/mol. The number of hydrogen-bond acceptors (Lipinski definition) is 3. The summed E-state index contributed by atoms with van der Waals surface area (Å²) in [4.78, 5) is 0. The molecule has 1 aliphatic rings. The van der Waals surface area contributed by atoms with Crippen LogP contribution in [0.2, 0.25) is 0 Å². The highest BCUT2D eigenvalue weighted by molar-refractivity contribution is 5.11. The van der Waals surface area contributed by atoms with Crippen LogP contribution in [0, 0.1) is 23.2 Å². The van der Waals surface area contributed by atoms with Crippen LogP contribution >= 0.6 is 0 Å². The predicted octanol–water partition coefficient (Wildman–Crippen LogP) is 3.79. The third-order valence-electron chi connectivity index (χ3n) is 4.56. The largest absolute Gasteiger partial charge is 0.396 e. The molecular weight excluding hydrogens is 276 g/mol. The highest BCUT2D eigenvalue weighted by atomic mass is 16.5. The van der Waals surface area contributed by atoms with Crippen LogP contribution in [0.5, 0.6) is 0 Å². The molecule has 0 spiro atoms. The summed E-state index contributed by atoms with van der Waals surface area (Å²) < 4.78 is 11.0. The molecule has 0 aromatic rings. The summed E-state index contributed by atoms with van der Waals surface area (Å²) in [5.41, 5.74) is -0.0942. The molecule has 1 fully saturated rings. The van der Waals surface area contributed by atoms with Crippen molar-refractivity contribution in [1.29, 1.82) is 0 Å². The SMILES string of the molecule is CCOCCOC(C)(C)C#CC[C@H]1CCC[C@@](C)(CCO)C1. The molecule has 1 rings (SSSR count). The van der Waals surface area contributed by atoms with Gasteiger partial charge in [0.25, 0.3) is 0 Å². The van der Waals surface area contributed by atoms with Crippen molar-refractivity contribution in [3.05, 3.63) is 0 Å². The smallest absolute Gasteiger partial charge is 0.123 e. The summed E-state index contributed by atoms with van der Waals surface area (Å²) in [6.45, 7) is 10.6. The van der Waals surface area contributed by atoms with E-state index in [0.717, 1.165) is 19.4 Å². The molecule has 0 unspecified atom stereocenters. The fourth-order valence-corrected chi connectivity index (χ4v) is 3.33. The van der Waals surface area contributed by atoms with Crippen molar-refractivity contribution in [3.63, 3.8) is 0 Å². The molecule has 0 radical (unpaired) electrons. The Hall–Kier alpha value is -0.560. The minimum Gasteiger partial charge on any atom is -0.396 e. The number of aliphatic hydroxyl groups is 1. The number of rotatable bonds is 8. The van der Waals surface area contributed by atoms with Crippen molar-refractivity contribution >= 4 is 0 Å². The van der Waals surface area contributed by atoms with Crippen molar-refractivity contribution in [2.24, 2.45) is 11.3 Å². The first-order chi connectivity index (χ1) is 10.4. The molecule has 0 aromatic carbocycles. The zero-order chi connectivity index (χ0) is 16.5. The van der Waals surface area contributed by atoms with E-state index in [4.69, 9.17) is 9.47 Å². The van der Waals surface area contributed by atoms with Crippen LogP contribution in [0.4, 0.5) is 0 Å². The van der Waals surface area contributed by atoms with Crippen molar-refractivity contribution < 1.29 is 14.6 Å². The zero-order valence-electron chi connectivity index (χ0n) is 14.9. The van der Waals surface area contributed by atoms with Crippen molar-refractivity contribution in [1.82, 2.24) is 0 Å². The Morgan fingerprint density at radius 1 is 1.32 bits per heavy atom. The van der Waals surface area contributed by atoms with Crippen LogP contribution in [-0.4, -0.2) is 37.1 Å². The van der Waals surface area contributed by atoms with Gasteiger partial charge in [-0.3, -0.25) is 0 Å². The molecule has 22 heavy (non-hydrogen) atoms. The minimum absolute atomic E-state index is 0.301. The highest BCUT2D eigenvalue weighted by Gasteiger charge is 2.31. The van der Waals surface area contributed by atoms with Gasteiger partial charge in [-0.1, -0.05) is 25.2 Å². The third-order valence-corrected chi connectivity index (χ3v) is 4.56. The summed E-state index contributed by atoms with van der Waals surface area (Å²) in [5.74, 6) is 7.27. The van der Waals surface area contributed by atoms with E-state index < -0.39 is 5.60 Å². The molecule has 0 aromatic heterocycles. The van der Waals surface area contributed by atoms with Gasteiger partial charge >= 0.3 is 0 Å². The van der Waals surface area contributed by atoms with E-state index in [9.17, 15) is 5.11 Å². The first-order valence-electron chi connectivity index (χ1n) is 8.73. The second-order valence-corrected chi connectivity index (χ2v) is 7.31. The molecule has 1 aliphatic carbocycles. The molecule has 1 saturated carbocycles. The Morgan fingerprint density at radius 2 is 2.09 bits per heavy atom. The number of ether oxygens (including phenoxy) is 2. The maximum Gasteiger partial charge on any atom is 0.123 e. The quantitative estimate of drug-likeness (QED) is 0.547. The van der Waals surface area contributed by atoms with Crippen molar-refractivity contribution in [3.8, 4) is 11.8 Å². The third kappa shape index (κ3) is 7.63. The maximum absolute atomic E-state index is 9.22. The Kier molecular flexibility index (Phi) is 8.46. The molecule has 0 amide bonds. The van der Waals surface area contributed by atoms with Gasteiger partial charge in [-0.15, -0.1) is 0 Å². The average Bonchev–Trinajstić information content (AvgIpc) is 2.43. The van der Waals surface area contributed by atoms with Crippen molar-refractivity contribution in [2.45, 2.75) is 71.8 Å². The Labute approximate surface area is 136 Å². The molecule has 2 atom stereocenters. The van der Waals surface area contributed by atoms with E-state index >= 15 is 0 Å². The van der Waals surface area contributed by atoms with Crippen molar-refractivity contribution in [2.75, 3.05) is 26.4 Å². The van der Waals surface area contributed by atoms with Gasteiger partial charge in [0, 0.05) is 19.6 Å². The minimum atomic E-state index is -0.403. The lowest BCUT2D eigenvalue weighted by Crippen LogP contribution is -2.27. The van der Waals surface area contributed by atoms with Gasteiger partial charge in [-0.25, -0.2) is 0 Å². The predicted molar refractivity (Wildman–Crippen MR) is 90.7 cm³/mol. The van der Waals surface area contributed by atoms with Crippen LogP contribution in [0.1, 0.15) is 66.2 Å². The second kappa shape index (κ2) is 9.55. The van der Waals surface area contributed by atoms with E-state index in [-0.39, 0.29) is 0 Å². The molecule has 0 saturated heterocycles. The summed E-state index contributed by atoms with van der Waals surface area (Å²) in [6.07, 6.45) is 6.82. The summed E-state index contributed by atoms with van der Waals surface area (Å²) in [7, 11) is 0. The summed E-state index contributed by atoms with van der Waals surface area (Å²) in [6, 6.07) is 0. The molecule has 0 aliphatic heterocycles. The van der Waals surface area contributed by atoms with Crippen LogP contribution in [0.25, 0.3) is 0 Å². The Morgan fingerprint density at radius 3 is 2.77 bits per heavy atom. The normalized spacial score (nSPS) is 25.6. The van der Waals surface area contributed by atoms with Gasteiger partial charge in [0.1, 0.15) is 5.60 Å². The van der Waals surface area contributed by atoms with Crippen LogP contribution in [0.15, 0.2) is 0 Å². The molecule has 3 nitrogen and oxygen atoms in total. The molecule has 3 heteroatoms. The summed E-state index contributed by atoms with van der Waals surface area (Å²) >= 11 is 0. The van der Waals surface area contributed by atoms with E-state index in [2.05, 4.69) is 18.8 Å². The fraction of sp³-hybridized carbons (Fsp3) is 0.895. The second-order valence-electron chi connectivity index (χ2n) is 7.31. The van der Waals surface area contributed by atoms with E-state index in [1.54, 1.807) is 0 Å². The Bertz CT molecular complexity index is 363. The fourth-order valence-electron chi connectivity index (χ4n) is 3.33. The molecule has 0 heterocycles. The average molecular weight is 310 g/mol. The Balaban J connectivity index is 2.38. The van der Waals surface area contributed by atoms with Gasteiger partial charge in [0.15, 0.2) is 0 Å². The van der Waals surface area contributed by atoms with Gasteiger partial charge in [-0.2, -0.15) is 0 Å². The van der Waals surface area contributed by atoms with E-state index in [1.165, 1.54) is 25.7 Å². The zero-order valence-corrected chi connectivity index (χ0v) is 14.9. The molecule has 1 N–H and O–H groups in total. The van der Waals surface area contributed by atoms with Crippen LogP contribution in [0.3, 0.4) is 0 Å². The van der Waals surface area contributed by atoms with Gasteiger partial charge in [-0.05, 0) is 57.8 Å². The summed E-state index contributed by atoms with van der Waals surface area (Å²) in [5, 5.41) is 9.22. The lowest BCUT2D eigenvalue weighted by atomic mass is 9.68. The van der Waals surface area contributed by atoms with Gasteiger partial charge in [0.05, 0.1) is 13.2 Å². The number of aliphatic hydroxyl groups excluding tert-OH is 1. The van der Waals surface area contributed by atoms with Crippen LogP contribution in [-0.2, 0) is 9.47 Å².